The number of halogens is 2. The first-order valence-corrected chi connectivity index (χ1v) is 5.02. The summed E-state index contributed by atoms with van der Waals surface area (Å²) in [7, 11) is 0. The summed E-state index contributed by atoms with van der Waals surface area (Å²) < 4.78 is 24.1. The van der Waals surface area contributed by atoms with E-state index in [-0.39, 0.29) is 18.3 Å². The van der Waals surface area contributed by atoms with Crippen molar-refractivity contribution >= 4 is 16.9 Å². The highest BCUT2D eigenvalue weighted by molar-refractivity contribution is 8.13. The predicted octanol–water partition coefficient (Wildman–Crippen LogP) is 0.746. The van der Waals surface area contributed by atoms with E-state index in [1.54, 1.807) is 6.26 Å². The van der Waals surface area contributed by atoms with Gasteiger partial charge in [-0.25, -0.2) is 8.78 Å². The highest BCUT2D eigenvalue weighted by Gasteiger charge is 2.15. The molecule has 4 nitrogen and oxygen atoms in total. The smallest absolute Gasteiger partial charge is 0.255 e. The van der Waals surface area contributed by atoms with Crippen LogP contribution in [0.5, 0.6) is 0 Å². The molecule has 0 saturated heterocycles. The molecule has 0 aromatic heterocycles. The molecular formula is C7H11F2N3OS. The summed E-state index contributed by atoms with van der Waals surface area (Å²) in [6, 6.07) is 0. The average molecular weight is 223 g/mol. The van der Waals surface area contributed by atoms with Crippen LogP contribution in [-0.2, 0) is 0 Å². The Morgan fingerprint density at radius 2 is 2.36 bits per heavy atom. The first kappa shape index (κ1) is 13.1. The largest absolute Gasteiger partial charge is 0.395 e. The molecule has 0 heterocycles. The van der Waals surface area contributed by atoms with Gasteiger partial charge < -0.3 is 10.0 Å². The maximum Gasteiger partial charge on any atom is 0.255 e. The summed E-state index contributed by atoms with van der Waals surface area (Å²) in [5.41, 5.74) is 0. The summed E-state index contributed by atoms with van der Waals surface area (Å²) in [6.07, 6.45) is 0.645. The minimum Gasteiger partial charge on any atom is -0.395 e. The van der Waals surface area contributed by atoms with Gasteiger partial charge in [-0.3, -0.25) is 0 Å². The minimum atomic E-state index is -2.52. The molecule has 0 bridgehead atoms. The van der Waals surface area contributed by atoms with E-state index >= 15 is 0 Å². The molecule has 0 aliphatic rings. The van der Waals surface area contributed by atoms with Crippen LogP contribution in [0.1, 0.15) is 0 Å². The Morgan fingerprint density at radius 3 is 2.71 bits per heavy atom. The first-order valence-electron chi connectivity index (χ1n) is 3.80. The number of aliphatic hydroxyl groups is 1. The van der Waals surface area contributed by atoms with E-state index in [9.17, 15) is 8.78 Å². The van der Waals surface area contributed by atoms with E-state index in [0.29, 0.717) is 0 Å². The van der Waals surface area contributed by atoms with Crippen molar-refractivity contribution in [3.8, 4) is 6.19 Å². The molecule has 80 valence electrons. The van der Waals surface area contributed by atoms with Crippen molar-refractivity contribution < 1.29 is 13.9 Å². The molecule has 0 aromatic rings. The monoisotopic (exact) mass is 223 g/mol. The van der Waals surface area contributed by atoms with Crippen molar-refractivity contribution in [2.24, 2.45) is 4.99 Å². The number of alkyl halides is 2. The van der Waals surface area contributed by atoms with E-state index in [1.807, 2.05) is 0 Å². The molecule has 14 heavy (non-hydrogen) atoms. The second-order valence-corrected chi connectivity index (χ2v) is 3.03. The van der Waals surface area contributed by atoms with Gasteiger partial charge in [0.15, 0.2) is 5.17 Å². The summed E-state index contributed by atoms with van der Waals surface area (Å²) >= 11 is 1.09. The van der Waals surface area contributed by atoms with E-state index in [2.05, 4.69) is 4.99 Å². The number of aliphatic imine (C=N–C) groups is 1. The predicted molar refractivity (Wildman–Crippen MR) is 51.2 cm³/mol. The van der Waals surface area contributed by atoms with Crippen LogP contribution >= 0.6 is 11.8 Å². The lowest BCUT2D eigenvalue weighted by molar-refractivity contribution is 0.110. The number of hydrogen-bond acceptors (Lipinski definition) is 4. The van der Waals surface area contributed by atoms with Crippen molar-refractivity contribution in [2.45, 2.75) is 6.43 Å². The lowest BCUT2D eigenvalue weighted by Crippen LogP contribution is -2.35. The average Bonchev–Trinajstić information content (AvgIpc) is 2.13. The number of hydrogen-bond donors (Lipinski definition) is 1. The van der Waals surface area contributed by atoms with Crippen molar-refractivity contribution in [1.29, 1.82) is 5.26 Å². The fraction of sp³-hybridized carbons (Fsp3) is 0.714. The Labute approximate surface area is 85.2 Å². The summed E-state index contributed by atoms with van der Waals surface area (Å²) in [4.78, 5) is 4.56. The third-order valence-electron chi connectivity index (χ3n) is 1.33. The molecule has 0 aromatic carbocycles. The highest BCUT2D eigenvalue weighted by atomic mass is 32.2. The first-order chi connectivity index (χ1) is 6.65. The van der Waals surface area contributed by atoms with Crippen LogP contribution in [0.2, 0.25) is 0 Å². The molecule has 0 amide bonds. The van der Waals surface area contributed by atoms with Gasteiger partial charge in [-0.1, -0.05) is 11.8 Å². The number of nitrogens with zero attached hydrogens (tertiary/aromatic N) is 3. The number of thioether (sulfide) groups is 1. The fourth-order valence-corrected chi connectivity index (χ4v) is 1.40. The summed E-state index contributed by atoms with van der Waals surface area (Å²) in [5.74, 6) is 0. The zero-order valence-corrected chi connectivity index (χ0v) is 8.47. The van der Waals surface area contributed by atoms with Crippen LogP contribution in [0.4, 0.5) is 8.78 Å². The van der Waals surface area contributed by atoms with Gasteiger partial charge in [0.1, 0.15) is 0 Å². The van der Waals surface area contributed by atoms with Crippen LogP contribution in [0, 0.1) is 11.5 Å². The number of nitriles is 1. The zero-order valence-electron chi connectivity index (χ0n) is 7.65. The Bertz CT molecular complexity index is 229. The maximum absolute atomic E-state index is 12.1. The summed E-state index contributed by atoms with van der Waals surface area (Å²) in [6.45, 7) is -0.731. The SMILES string of the molecule is CSC(=NC#N)N(CCO)CC(F)F. The van der Waals surface area contributed by atoms with Gasteiger partial charge in [0.05, 0.1) is 13.2 Å². The molecule has 0 unspecified atom stereocenters. The Kier molecular flexibility index (Phi) is 7.06. The topological polar surface area (TPSA) is 59.6 Å². The van der Waals surface area contributed by atoms with Crippen LogP contribution < -0.4 is 0 Å². The number of amidine groups is 1. The van der Waals surface area contributed by atoms with Crippen LogP contribution in [0.25, 0.3) is 0 Å². The zero-order chi connectivity index (χ0) is 11.0. The molecule has 0 atom stereocenters. The second-order valence-electron chi connectivity index (χ2n) is 2.26. The molecule has 0 radical (unpaired) electrons. The van der Waals surface area contributed by atoms with Crippen molar-refractivity contribution in [3.05, 3.63) is 0 Å². The fourth-order valence-electron chi connectivity index (χ4n) is 0.841. The standard InChI is InChI=1S/C7H11F2N3OS/c1-14-7(11-5-10)12(2-3-13)4-6(8)9/h6,13H,2-4H2,1H3. The quantitative estimate of drug-likeness (QED) is 0.434. The normalized spacial score (nSPS) is 11.6. The van der Waals surface area contributed by atoms with Gasteiger partial charge in [0.2, 0.25) is 6.19 Å². The lowest BCUT2D eigenvalue weighted by atomic mass is 10.5. The molecule has 0 aliphatic carbocycles. The third kappa shape index (κ3) is 4.99. The van der Waals surface area contributed by atoms with Gasteiger partial charge in [0, 0.05) is 6.54 Å². The van der Waals surface area contributed by atoms with E-state index < -0.39 is 13.0 Å². The Morgan fingerprint density at radius 1 is 1.71 bits per heavy atom. The van der Waals surface area contributed by atoms with Gasteiger partial charge in [-0.2, -0.15) is 5.26 Å². The third-order valence-corrected chi connectivity index (χ3v) is 2.04. The highest BCUT2D eigenvalue weighted by Crippen LogP contribution is 2.07. The molecule has 0 fully saturated rings. The minimum absolute atomic E-state index is 0.0473. The summed E-state index contributed by atoms with van der Waals surface area (Å²) in [5, 5.41) is 17.1. The van der Waals surface area contributed by atoms with E-state index in [4.69, 9.17) is 10.4 Å². The van der Waals surface area contributed by atoms with Gasteiger partial charge >= 0.3 is 0 Å². The van der Waals surface area contributed by atoms with Gasteiger partial charge in [0.25, 0.3) is 6.43 Å². The van der Waals surface area contributed by atoms with Gasteiger partial charge in [-0.15, -0.1) is 4.99 Å². The lowest BCUT2D eigenvalue weighted by Gasteiger charge is -2.22. The van der Waals surface area contributed by atoms with Crippen molar-refractivity contribution in [3.63, 3.8) is 0 Å². The molecule has 0 spiro atoms. The van der Waals surface area contributed by atoms with Crippen LogP contribution in [0.3, 0.4) is 0 Å². The van der Waals surface area contributed by atoms with Crippen molar-refractivity contribution in [1.82, 2.24) is 4.90 Å². The Balaban J connectivity index is 4.45. The second kappa shape index (κ2) is 7.53. The van der Waals surface area contributed by atoms with Crippen molar-refractivity contribution in [2.75, 3.05) is 26.0 Å². The van der Waals surface area contributed by atoms with E-state index in [1.165, 1.54) is 11.1 Å². The van der Waals surface area contributed by atoms with Crippen LogP contribution in [-0.4, -0.2) is 47.6 Å². The number of aliphatic hydroxyl groups excluding tert-OH is 1. The van der Waals surface area contributed by atoms with Crippen LogP contribution in [0.15, 0.2) is 4.99 Å². The maximum atomic E-state index is 12.1. The van der Waals surface area contributed by atoms with Gasteiger partial charge in [-0.05, 0) is 6.26 Å². The molecule has 0 rings (SSSR count). The Hall–Kier alpha value is -0.870. The molecule has 0 aliphatic heterocycles. The molecular weight excluding hydrogens is 212 g/mol. The molecule has 7 heteroatoms. The molecule has 1 N–H and O–H groups in total. The van der Waals surface area contributed by atoms with E-state index in [0.717, 1.165) is 11.8 Å². The molecule has 0 saturated carbocycles. The number of rotatable bonds is 4.